The fraction of sp³-hybridized carbons (Fsp3) is 0.541. The number of morpholine rings is 1. The molecule has 2 heterocycles. The molecule has 2 aliphatic heterocycles. The van der Waals surface area contributed by atoms with E-state index in [2.05, 4.69) is 26.0 Å². The third-order valence-electron chi connectivity index (χ3n) is 8.78. The molecule has 13 nitrogen and oxygen atoms in total. The lowest BCUT2D eigenvalue weighted by molar-refractivity contribution is -0.148. The molecule has 0 saturated carbocycles. The summed E-state index contributed by atoms with van der Waals surface area (Å²) in [6, 6.07) is 13.3. The Bertz CT molecular complexity index is 1490. The Kier molecular flexibility index (Phi) is 15.2. The number of amides is 4. The van der Waals surface area contributed by atoms with Gasteiger partial charge in [-0.1, -0.05) is 74.5 Å². The highest BCUT2D eigenvalue weighted by atomic mass is 19.3. The molecule has 2 fully saturated rings. The van der Waals surface area contributed by atoms with Crippen molar-refractivity contribution in [3.63, 3.8) is 0 Å². The van der Waals surface area contributed by atoms with Gasteiger partial charge in [-0.15, -0.1) is 0 Å². The van der Waals surface area contributed by atoms with Crippen LogP contribution in [0.2, 0.25) is 0 Å². The van der Waals surface area contributed by atoms with Crippen LogP contribution in [0.15, 0.2) is 60.7 Å². The van der Waals surface area contributed by atoms with Crippen molar-refractivity contribution in [1.82, 2.24) is 26.2 Å². The standard InChI is InChI=1S/C37H49F2N5O8/c1-24(2)18-28(42-35(49)30(22-51-36(38)39)40-31(45)21-44-14-16-50-17-15-44)33(47)43-29(20-26-12-8-5-9-13-26)34(48)41-27(32(46)37(3)23-52-37)19-25-10-6-4-7-11-25/h4-13,24,27-30,36H,14-23H2,1-3H3,(H,40,45)(H,41,48)(H,42,49)(H,43,47)/t27-,28?,29-,30-,37+/m0/s1. The van der Waals surface area contributed by atoms with Gasteiger partial charge in [-0.2, -0.15) is 8.78 Å². The lowest BCUT2D eigenvalue weighted by atomic mass is 9.94. The molecule has 15 heteroatoms. The van der Waals surface area contributed by atoms with E-state index in [4.69, 9.17) is 9.47 Å². The van der Waals surface area contributed by atoms with E-state index in [0.29, 0.717) is 26.3 Å². The predicted molar refractivity (Wildman–Crippen MR) is 186 cm³/mol. The van der Waals surface area contributed by atoms with Crippen LogP contribution in [-0.2, 0) is 51.0 Å². The first kappa shape index (κ1) is 40.5. The number of carbonyl (C=O) groups is 5. The topological polar surface area (TPSA) is 168 Å². The molecule has 4 rings (SSSR count). The number of carbonyl (C=O) groups excluding carboxylic acids is 5. The number of hydrogen-bond donors (Lipinski definition) is 4. The first-order valence-corrected chi connectivity index (χ1v) is 17.5. The molecule has 284 valence electrons. The first-order valence-electron chi connectivity index (χ1n) is 17.5. The Hall–Kier alpha value is -4.31. The summed E-state index contributed by atoms with van der Waals surface area (Å²) in [6.45, 7) is 3.23. The van der Waals surface area contributed by atoms with Crippen LogP contribution in [0.4, 0.5) is 8.78 Å². The van der Waals surface area contributed by atoms with E-state index in [0.717, 1.165) is 11.1 Å². The molecule has 4 N–H and O–H groups in total. The molecule has 4 amide bonds. The SMILES string of the molecule is CC(C)CC(NC(=O)[C@H](COC(F)F)NC(=O)CN1CCOCC1)C(=O)N[C@@H](Cc1ccccc1)C(=O)N[C@@H](Cc1ccccc1)C(=O)[C@@]1(C)CO1. The highest BCUT2D eigenvalue weighted by Gasteiger charge is 2.50. The summed E-state index contributed by atoms with van der Waals surface area (Å²) in [7, 11) is 0. The number of ether oxygens (including phenoxy) is 3. The maximum absolute atomic E-state index is 14.0. The lowest BCUT2D eigenvalue weighted by Gasteiger charge is -2.28. The second-order valence-corrected chi connectivity index (χ2v) is 13.7. The normalized spacial score (nSPS) is 19.6. The number of Topliss-reactive ketones (excluding diaryl/α,β-unsaturated/α-hetero) is 1. The van der Waals surface area contributed by atoms with Crippen molar-refractivity contribution in [1.29, 1.82) is 0 Å². The lowest BCUT2D eigenvalue weighted by Crippen LogP contribution is -2.60. The summed E-state index contributed by atoms with van der Waals surface area (Å²) in [6.07, 6.45) is 0.372. The zero-order chi connectivity index (χ0) is 37.7. The molecule has 2 aromatic carbocycles. The van der Waals surface area contributed by atoms with E-state index in [1.807, 2.05) is 50.2 Å². The molecule has 2 saturated heterocycles. The summed E-state index contributed by atoms with van der Waals surface area (Å²) in [5.74, 6) is -3.26. The average molecular weight is 730 g/mol. The number of ketones is 1. The van der Waals surface area contributed by atoms with Crippen molar-refractivity contribution >= 4 is 29.4 Å². The molecular formula is C37H49F2N5O8. The molecule has 2 aliphatic rings. The maximum atomic E-state index is 14.0. The van der Waals surface area contributed by atoms with Gasteiger partial charge in [-0.05, 0) is 36.8 Å². The van der Waals surface area contributed by atoms with Crippen LogP contribution in [0.25, 0.3) is 0 Å². The van der Waals surface area contributed by atoms with Crippen molar-refractivity contribution in [3.8, 4) is 0 Å². The first-order chi connectivity index (χ1) is 24.8. The van der Waals surface area contributed by atoms with Gasteiger partial charge in [0.1, 0.15) is 23.7 Å². The minimum atomic E-state index is -3.20. The number of rotatable bonds is 20. The molecule has 0 radical (unpaired) electrons. The monoisotopic (exact) mass is 729 g/mol. The molecule has 0 aliphatic carbocycles. The fourth-order valence-electron chi connectivity index (χ4n) is 5.81. The predicted octanol–water partition coefficient (Wildman–Crippen LogP) is 1.39. The van der Waals surface area contributed by atoms with Crippen LogP contribution < -0.4 is 21.3 Å². The number of epoxide rings is 1. The van der Waals surface area contributed by atoms with Gasteiger partial charge in [-0.3, -0.25) is 28.9 Å². The molecule has 0 aromatic heterocycles. The second kappa shape index (κ2) is 19.5. The highest BCUT2D eigenvalue weighted by molar-refractivity contribution is 5.99. The molecule has 1 unspecified atom stereocenters. The molecule has 0 spiro atoms. The average Bonchev–Trinajstić information content (AvgIpc) is 3.87. The quantitative estimate of drug-likeness (QED) is 0.147. The number of halogens is 2. The van der Waals surface area contributed by atoms with Gasteiger partial charge in [0.05, 0.1) is 39.0 Å². The Balaban J connectivity index is 1.51. The highest BCUT2D eigenvalue weighted by Crippen LogP contribution is 2.29. The van der Waals surface area contributed by atoms with Gasteiger partial charge < -0.3 is 35.5 Å². The Morgan fingerprint density at radius 3 is 1.81 bits per heavy atom. The minimum Gasteiger partial charge on any atom is -0.379 e. The van der Waals surface area contributed by atoms with Gasteiger partial charge in [-0.25, -0.2) is 0 Å². The molecule has 5 atom stereocenters. The summed E-state index contributed by atoms with van der Waals surface area (Å²) < 4.78 is 41.2. The van der Waals surface area contributed by atoms with E-state index < -0.39 is 66.6 Å². The molecule has 0 bridgehead atoms. The Morgan fingerprint density at radius 2 is 1.27 bits per heavy atom. The van der Waals surface area contributed by atoms with Crippen LogP contribution in [0.3, 0.4) is 0 Å². The van der Waals surface area contributed by atoms with Crippen LogP contribution in [0.5, 0.6) is 0 Å². The number of hydrogen-bond acceptors (Lipinski definition) is 9. The maximum Gasteiger partial charge on any atom is 0.345 e. The fourth-order valence-corrected chi connectivity index (χ4v) is 5.81. The zero-order valence-electron chi connectivity index (χ0n) is 29.8. The van der Waals surface area contributed by atoms with Crippen LogP contribution >= 0.6 is 0 Å². The number of nitrogens with one attached hydrogen (secondary N) is 4. The zero-order valence-corrected chi connectivity index (χ0v) is 29.8. The summed E-state index contributed by atoms with van der Waals surface area (Å²) in [5.41, 5.74) is 0.513. The summed E-state index contributed by atoms with van der Waals surface area (Å²) in [4.78, 5) is 69.5. The molecule has 2 aromatic rings. The Labute approximate surface area is 302 Å². The van der Waals surface area contributed by atoms with Gasteiger partial charge >= 0.3 is 6.61 Å². The minimum absolute atomic E-state index is 0.0588. The van der Waals surface area contributed by atoms with Gasteiger partial charge in [0.2, 0.25) is 23.6 Å². The number of alkyl halides is 2. The van der Waals surface area contributed by atoms with Crippen LogP contribution in [0, 0.1) is 5.92 Å². The van der Waals surface area contributed by atoms with Crippen LogP contribution in [0.1, 0.15) is 38.3 Å². The van der Waals surface area contributed by atoms with Crippen molar-refractivity contribution in [2.24, 2.45) is 5.92 Å². The third kappa shape index (κ3) is 13.0. The van der Waals surface area contributed by atoms with Crippen molar-refractivity contribution in [3.05, 3.63) is 71.8 Å². The van der Waals surface area contributed by atoms with Gasteiger partial charge in [0, 0.05) is 19.5 Å². The van der Waals surface area contributed by atoms with E-state index in [9.17, 15) is 32.8 Å². The van der Waals surface area contributed by atoms with Gasteiger partial charge in [0.25, 0.3) is 0 Å². The molecule has 52 heavy (non-hydrogen) atoms. The van der Waals surface area contributed by atoms with E-state index in [-0.39, 0.29) is 44.1 Å². The molecular weight excluding hydrogens is 680 g/mol. The smallest absolute Gasteiger partial charge is 0.345 e. The van der Waals surface area contributed by atoms with E-state index in [1.54, 1.807) is 36.1 Å². The number of benzene rings is 2. The third-order valence-corrected chi connectivity index (χ3v) is 8.78. The summed E-state index contributed by atoms with van der Waals surface area (Å²) >= 11 is 0. The number of nitrogens with zero attached hydrogens (tertiary/aromatic N) is 1. The van der Waals surface area contributed by atoms with Gasteiger partial charge in [0.15, 0.2) is 5.78 Å². The van der Waals surface area contributed by atoms with Crippen LogP contribution in [-0.4, -0.2) is 117 Å². The Morgan fingerprint density at radius 1 is 0.769 bits per heavy atom. The van der Waals surface area contributed by atoms with Crippen molar-refractivity contribution in [2.75, 3.05) is 46.1 Å². The largest absolute Gasteiger partial charge is 0.379 e. The van der Waals surface area contributed by atoms with E-state index >= 15 is 0 Å². The van der Waals surface area contributed by atoms with Crippen molar-refractivity contribution < 1.29 is 47.0 Å². The second-order valence-electron chi connectivity index (χ2n) is 13.7. The van der Waals surface area contributed by atoms with Crippen molar-refractivity contribution in [2.45, 2.75) is 76.4 Å². The summed E-state index contributed by atoms with van der Waals surface area (Å²) in [5, 5.41) is 10.6. The van der Waals surface area contributed by atoms with E-state index in [1.165, 1.54) is 0 Å².